The number of H-pyrrole nitrogens is 1. The molecule has 0 spiro atoms. The number of imidazole rings is 1. The van der Waals surface area contributed by atoms with Gasteiger partial charge in [0.1, 0.15) is 0 Å². The van der Waals surface area contributed by atoms with Crippen molar-refractivity contribution < 1.29 is 4.79 Å². The minimum Gasteiger partial charge on any atom is -0.324 e. The number of para-hydroxylation sites is 2. The monoisotopic (exact) mass is 272 g/mol. The number of carbonyl (C=O) groups excluding carboxylic acids is 1. The number of hydrogen-bond donors (Lipinski definition) is 3. The highest BCUT2D eigenvalue weighted by Crippen LogP contribution is 2.33. The standard InChI is InChI=1S/C15H20N4O/c1-2-15(7-9-16-10-8-15)13(20)19-14-17-11-5-3-4-6-12(11)18-14/h3-6,16H,2,7-10H2,1H3,(H2,17,18,19,20). The number of aromatic nitrogens is 2. The Labute approximate surface area is 118 Å². The lowest BCUT2D eigenvalue weighted by atomic mass is 9.76. The zero-order valence-electron chi connectivity index (χ0n) is 11.7. The molecule has 1 aliphatic rings. The maximum atomic E-state index is 12.6. The second-order valence-corrected chi connectivity index (χ2v) is 5.44. The molecule has 1 amide bonds. The van der Waals surface area contributed by atoms with Crippen molar-refractivity contribution >= 4 is 22.9 Å². The SMILES string of the molecule is CCC1(C(=O)Nc2nc3ccccc3[nH]2)CCNCC1. The number of anilines is 1. The average molecular weight is 272 g/mol. The Hall–Kier alpha value is -1.88. The number of piperidine rings is 1. The van der Waals surface area contributed by atoms with Gasteiger partial charge in [-0.25, -0.2) is 4.98 Å². The molecule has 0 radical (unpaired) electrons. The third-order valence-electron chi connectivity index (χ3n) is 4.34. The Kier molecular flexibility index (Phi) is 3.44. The largest absolute Gasteiger partial charge is 0.324 e. The number of hydrogen-bond acceptors (Lipinski definition) is 3. The normalized spacial score (nSPS) is 18.1. The summed E-state index contributed by atoms with van der Waals surface area (Å²) in [5.74, 6) is 0.628. The lowest BCUT2D eigenvalue weighted by Gasteiger charge is -2.34. The van der Waals surface area contributed by atoms with Crippen molar-refractivity contribution in [2.24, 2.45) is 5.41 Å². The van der Waals surface area contributed by atoms with Gasteiger partial charge in [-0.3, -0.25) is 10.1 Å². The maximum absolute atomic E-state index is 12.6. The first-order valence-corrected chi connectivity index (χ1v) is 7.20. The van der Waals surface area contributed by atoms with E-state index in [9.17, 15) is 4.79 Å². The van der Waals surface area contributed by atoms with Gasteiger partial charge in [-0.1, -0.05) is 19.1 Å². The fraction of sp³-hybridized carbons (Fsp3) is 0.467. The van der Waals surface area contributed by atoms with Crippen LogP contribution in [-0.2, 0) is 4.79 Å². The van der Waals surface area contributed by atoms with Crippen LogP contribution < -0.4 is 10.6 Å². The van der Waals surface area contributed by atoms with Crippen LogP contribution in [0.25, 0.3) is 11.0 Å². The molecule has 2 heterocycles. The van der Waals surface area contributed by atoms with Crippen molar-refractivity contribution in [1.82, 2.24) is 15.3 Å². The van der Waals surface area contributed by atoms with Gasteiger partial charge in [0.2, 0.25) is 11.9 Å². The first-order valence-electron chi connectivity index (χ1n) is 7.20. The lowest BCUT2D eigenvalue weighted by Crippen LogP contribution is -2.44. The number of fused-ring (bicyclic) bond motifs is 1. The van der Waals surface area contributed by atoms with E-state index in [-0.39, 0.29) is 11.3 Å². The highest BCUT2D eigenvalue weighted by Gasteiger charge is 2.38. The van der Waals surface area contributed by atoms with Crippen molar-refractivity contribution in [1.29, 1.82) is 0 Å². The van der Waals surface area contributed by atoms with Gasteiger partial charge in [-0.15, -0.1) is 0 Å². The number of benzene rings is 1. The average Bonchev–Trinajstić information content (AvgIpc) is 2.90. The summed E-state index contributed by atoms with van der Waals surface area (Å²) in [6.07, 6.45) is 2.63. The van der Waals surface area contributed by atoms with Crippen LogP contribution in [0.2, 0.25) is 0 Å². The van der Waals surface area contributed by atoms with E-state index in [0.29, 0.717) is 5.95 Å². The molecule has 2 aromatic rings. The molecule has 0 bridgehead atoms. The molecule has 5 heteroatoms. The number of nitrogens with zero attached hydrogens (tertiary/aromatic N) is 1. The van der Waals surface area contributed by atoms with Crippen LogP contribution in [-0.4, -0.2) is 29.0 Å². The predicted octanol–water partition coefficient (Wildman–Crippen LogP) is 2.28. The number of nitrogens with one attached hydrogen (secondary N) is 3. The molecule has 106 valence electrons. The summed E-state index contributed by atoms with van der Waals surface area (Å²) < 4.78 is 0. The number of carbonyl (C=O) groups is 1. The first-order chi connectivity index (χ1) is 9.73. The summed E-state index contributed by atoms with van der Waals surface area (Å²) in [5.41, 5.74) is 1.56. The lowest BCUT2D eigenvalue weighted by molar-refractivity contribution is -0.127. The second kappa shape index (κ2) is 5.25. The number of rotatable bonds is 3. The first kappa shape index (κ1) is 13.1. The Morgan fingerprint density at radius 3 is 2.80 bits per heavy atom. The number of aromatic amines is 1. The summed E-state index contributed by atoms with van der Waals surface area (Å²) in [7, 11) is 0. The third-order valence-corrected chi connectivity index (χ3v) is 4.34. The molecule has 0 saturated carbocycles. The fourth-order valence-electron chi connectivity index (χ4n) is 2.90. The quantitative estimate of drug-likeness (QED) is 0.803. The van der Waals surface area contributed by atoms with Crippen LogP contribution >= 0.6 is 0 Å². The molecular formula is C15H20N4O. The van der Waals surface area contributed by atoms with Gasteiger partial charge in [0.15, 0.2) is 0 Å². The van der Waals surface area contributed by atoms with Crippen LogP contribution in [0, 0.1) is 5.41 Å². The molecule has 3 N–H and O–H groups in total. The Balaban J connectivity index is 1.80. The zero-order valence-corrected chi connectivity index (χ0v) is 11.7. The van der Waals surface area contributed by atoms with Gasteiger partial charge in [0.05, 0.1) is 16.4 Å². The van der Waals surface area contributed by atoms with Gasteiger partial charge >= 0.3 is 0 Å². The highest BCUT2D eigenvalue weighted by atomic mass is 16.2. The fourth-order valence-corrected chi connectivity index (χ4v) is 2.90. The Morgan fingerprint density at radius 2 is 2.10 bits per heavy atom. The van der Waals surface area contributed by atoms with E-state index in [1.165, 1.54) is 0 Å². The molecule has 1 aliphatic heterocycles. The van der Waals surface area contributed by atoms with Crippen LogP contribution in [0.15, 0.2) is 24.3 Å². The summed E-state index contributed by atoms with van der Waals surface area (Å²) in [4.78, 5) is 20.2. The summed E-state index contributed by atoms with van der Waals surface area (Å²) in [6.45, 7) is 3.90. The van der Waals surface area contributed by atoms with Gasteiger partial charge in [-0.2, -0.15) is 0 Å². The number of amides is 1. The van der Waals surface area contributed by atoms with Crippen molar-refractivity contribution in [3.05, 3.63) is 24.3 Å². The second-order valence-electron chi connectivity index (χ2n) is 5.44. The highest BCUT2D eigenvalue weighted by molar-refractivity contribution is 5.95. The molecule has 1 saturated heterocycles. The molecule has 0 atom stereocenters. The van der Waals surface area contributed by atoms with Crippen LogP contribution in [0.1, 0.15) is 26.2 Å². The summed E-state index contributed by atoms with van der Waals surface area (Å²) in [5, 5.41) is 6.27. The van der Waals surface area contributed by atoms with Crippen molar-refractivity contribution in [2.75, 3.05) is 18.4 Å². The van der Waals surface area contributed by atoms with E-state index in [4.69, 9.17) is 0 Å². The molecule has 1 fully saturated rings. The van der Waals surface area contributed by atoms with Gasteiger partial charge in [0, 0.05) is 0 Å². The summed E-state index contributed by atoms with van der Waals surface area (Å²) in [6, 6.07) is 7.78. The van der Waals surface area contributed by atoms with E-state index in [1.54, 1.807) is 0 Å². The zero-order chi connectivity index (χ0) is 14.0. The van der Waals surface area contributed by atoms with Gasteiger partial charge < -0.3 is 10.3 Å². The molecule has 3 rings (SSSR count). The molecule has 20 heavy (non-hydrogen) atoms. The Bertz CT molecular complexity index is 580. The Morgan fingerprint density at radius 1 is 1.35 bits per heavy atom. The van der Waals surface area contributed by atoms with Gasteiger partial charge in [0.25, 0.3) is 0 Å². The van der Waals surface area contributed by atoms with Crippen molar-refractivity contribution in [3.63, 3.8) is 0 Å². The minimum atomic E-state index is -0.260. The van der Waals surface area contributed by atoms with E-state index >= 15 is 0 Å². The van der Waals surface area contributed by atoms with Crippen molar-refractivity contribution in [2.45, 2.75) is 26.2 Å². The van der Waals surface area contributed by atoms with E-state index in [2.05, 4.69) is 27.5 Å². The molecule has 0 unspecified atom stereocenters. The third kappa shape index (κ3) is 2.29. The van der Waals surface area contributed by atoms with Crippen LogP contribution in [0.4, 0.5) is 5.95 Å². The van der Waals surface area contributed by atoms with Crippen LogP contribution in [0.5, 0.6) is 0 Å². The van der Waals surface area contributed by atoms with Crippen molar-refractivity contribution in [3.8, 4) is 0 Å². The topological polar surface area (TPSA) is 69.8 Å². The van der Waals surface area contributed by atoms with Gasteiger partial charge in [-0.05, 0) is 44.5 Å². The van der Waals surface area contributed by atoms with E-state index < -0.39 is 0 Å². The van der Waals surface area contributed by atoms with Crippen LogP contribution in [0.3, 0.4) is 0 Å². The predicted molar refractivity (Wildman–Crippen MR) is 79.6 cm³/mol. The molecule has 1 aromatic heterocycles. The maximum Gasteiger partial charge on any atom is 0.232 e. The molecule has 0 aliphatic carbocycles. The van der Waals surface area contributed by atoms with E-state index in [0.717, 1.165) is 43.4 Å². The minimum absolute atomic E-state index is 0.0838. The molecule has 5 nitrogen and oxygen atoms in total. The summed E-state index contributed by atoms with van der Waals surface area (Å²) >= 11 is 0. The smallest absolute Gasteiger partial charge is 0.232 e. The molecular weight excluding hydrogens is 252 g/mol. The van der Waals surface area contributed by atoms with E-state index in [1.807, 2.05) is 24.3 Å². The molecule has 1 aromatic carbocycles.